The quantitative estimate of drug-likeness (QED) is 0.485. The summed E-state index contributed by atoms with van der Waals surface area (Å²) in [6, 6.07) is 18.7. The molecule has 4 rings (SSSR count). The zero-order valence-electron chi connectivity index (χ0n) is 17.2. The van der Waals surface area contributed by atoms with Crippen LogP contribution in [0.3, 0.4) is 0 Å². The Bertz CT molecular complexity index is 1380. The number of para-hydroxylation sites is 1. The van der Waals surface area contributed by atoms with Crippen LogP contribution in [-0.2, 0) is 21.4 Å². The monoisotopic (exact) mass is 439 g/mol. The van der Waals surface area contributed by atoms with Gasteiger partial charge in [0, 0.05) is 34.0 Å². The molecule has 1 aromatic heterocycles. The number of carbonyl (C=O) groups is 1. The van der Waals surface area contributed by atoms with Crippen molar-refractivity contribution in [3.63, 3.8) is 0 Å². The summed E-state index contributed by atoms with van der Waals surface area (Å²) < 4.78 is 40.8. The Morgan fingerprint density at radius 3 is 2.35 bits per heavy atom. The van der Waals surface area contributed by atoms with Gasteiger partial charge in [-0.2, -0.15) is 0 Å². The standard InChI is InChI=1S/C23H22FN3O3S/c1-3-26-21-7-5-4-6-19(21)20-14-17(10-13-22(20)26)25-23(28)15-27(31(2,29)30)18-11-8-16(24)9-12-18/h4-14H,3,15H2,1-2H3,(H,25,28). The number of hydrogen-bond acceptors (Lipinski definition) is 3. The molecule has 0 atom stereocenters. The van der Waals surface area contributed by atoms with Crippen LogP contribution in [0.25, 0.3) is 21.8 Å². The SMILES string of the molecule is CCn1c2ccccc2c2cc(NC(=O)CN(c3ccc(F)cc3)S(C)(=O)=O)ccc21. The van der Waals surface area contributed by atoms with E-state index >= 15 is 0 Å². The second-order valence-corrected chi connectivity index (χ2v) is 9.19. The minimum absolute atomic E-state index is 0.223. The molecule has 0 fully saturated rings. The van der Waals surface area contributed by atoms with Crippen molar-refractivity contribution in [2.75, 3.05) is 22.4 Å². The Balaban J connectivity index is 1.63. The van der Waals surface area contributed by atoms with Crippen LogP contribution in [0.15, 0.2) is 66.7 Å². The molecule has 1 N–H and O–H groups in total. The molecule has 0 aliphatic rings. The number of nitrogens with one attached hydrogen (secondary N) is 1. The average Bonchev–Trinajstić information content (AvgIpc) is 3.05. The number of aromatic nitrogens is 1. The molecule has 0 unspecified atom stereocenters. The number of aryl methyl sites for hydroxylation is 1. The lowest BCUT2D eigenvalue weighted by Crippen LogP contribution is -2.37. The highest BCUT2D eigenvalue weighted by Crippen LogP contribution is 2.31. The Morgan fingerprint density at radius 1 is 1.00 bits per heavy atom. The molecule has 1 amide bonds. The Morgan fingerprint density at radius 2 is 1.68 bits per heavy atom. The van der Waals surface area contributed by atoms with E-state index in [9.17, 15) is 17.6 Å². The van der Waals surface area contributed by atoms with Gasteiger partial charge >= 0.3 is 0 Å². The summed E-state index contributed by atoms with van der Waals surface area (Å²) in [4.78, 5) is 12.7. The van der Waals surface area contributed by atoms with Gasteiger partial charge < -0.3 is 9.88 Å². The average molecular weight is 440 g/mol. The van der Waals surface area contributed by atoms with Gasteiger partial charge in [0.1, 0.15) is 12.4 Å². The van der Waals surface area contributed by atoms with Gasteiger partial charge in [0.05, 0.1) is 11.9 Å². The third-order valence-corrected chi connectivity index (χ3v) is 6.32. The van der Waals surface area contributed by atoms with Crippen LogP contribution in [-0.4, -0.2) is 31.7 Å². The van der Waals surface area contributed by atoms with E-state index < -0.39 is 28.3 Å². The number of nitrogens with zero attached hydrogens (tertiary/aromatic N) is 2. The molecular formula is C23H22FN3O3S. The fourth-order valence-corrected chi connectivity index (χ4v) is 4.67. The Labute approximate surface area is 179 Å². The summed E-state index contributed by atoms with van der Waals surface area (Å²) in [5.41, 5.74) is 2.97. The van der Waals surface area contributed by atoms with Crippen LogP contribution >= 0.6 is 0 Å². The van der Waals surface area contributed by atoms with Crippen molar-refractivity contribution in [2.45, 2.75) is 13.5 Å². The van der Waals surface area contributed by atoms with E-state index in [0.717, 1.165) is 51.0 Å². The Hall–Kier alpha value is -3.39. The lowest BCUT2D eigenvalue weighted by Gasteiger charge is -2.21. The lowest BCUT2D eigenvalue weighted by molar-refractivity contribution is -0.114. The maximum Gasteiger partial charge on any atom is 0.245 e. The molecule has 0 saturated carbocycles. The Kier molecular flexibility index (Phi) is 5.41. The molecular weight excluding hydrogens is 417 g/mol. The molecule has 6 nitrogen and oxygen atoms in total. The largest absolute Gasteiger partial charge is 0.341 e. The third-order valence-electron chi connectivity index (χ3n) is 5.17. The highest BCUT2D eigenvalue weighted by atomic mass is 32.2. The molecule has 0 radical (unpaired) electrons. The number of hydrogen-bond donors (Lipinski definition) is 1. The maximum atomic E-state index is 13.2. The van der Waals surface area contributed by atoms with Gasteiger partial charge in [-0.05, 0) is 55.5 Å². The summed E-state index contributed by atoms with van der Waals surface area (Å²) in [6.45, 7) is 2.48. The highest BCUT2D eigenvalue weighted by Gasteiger charge is 2.21. The summed E-state index contributed by atoms with van der Waals surface area (Å²) in [7, 11) is -3.73. The fourth-order valence-electron chi connectivity index (χ4n) is 3.81. The highest BCUT2D eigenvalue weighted by molar-refractivity contribution is 7.92. The molecule has 0 bridgehead atoms. The zero-order chi connectivity index (χ0) is 22.2. The van der Waals surface area contributed by atoms with E-state index in [4.69, 9.17) is 0 Å². The van der Waals surface area contributed by atoms with Crippen molar-refractivity contribution in [3.8, 4) is 0 Å². The van der Waals surface area contributed by atoms with Gasteiger partial charge in [-0.1, -0.05) is 18.2 Å². The first kappa shape index (κ1) is 20.9. The zero-order valence-corrected chi connectivity index (χ0v) is 18.0. The van der Waals surface area contributed by atoms with Gasteiger partial charge in [-0.15, -0.1) is 0 Å². The molecule has 0 aliphatic heterocycles. The minimum Gasteiger partial charge on any atom is -0.341 e. The topological polar surface area (TPSA) is 71.4 Å². The molecule has 4 aromatic rings. The van der Waals surface area contributed by atoms with Crippen LogP contribution in [0.2, 0.25) is 0 Å². The van der Waals surface area contributed by atoms with Crippen LogP contribution < -0.4 is 9.62 Å². The first-order valence-corrected chi connectivity index (χ1v) is 11.7. The lowest BCUT2D eigenvalue weighted by atomic mass is 10.1. The number of halogens is 1. The number of amides is 1. The van der Waals surface area contributed by atoms with E-state index in [-0.39, 0.29) is 5.69 Å². The first-order chi connectivity index (χ1) is 14.8. The van der Waals surface area contributed by atoms with Gasteiger partial charge in [-0.3, -0.25) is 9.10 Å². The molecule has 0 saturated heterocycles. The molecule has 8 heteroatoms. The number of rotatable bonds is 6. The van der Waals surface area contributed by atoms with Crippen molar-refractivity contribution in [1.29, 1.82) is 0 Å². The van der Waals surface area contributed by atoms with Crippen molar-refractivity contribution in [2.24, 2.45) is 0 Å². The van der Waals surface area contributed by atoms with Crippen molar-refractivity contribution < 1.29 is 17.6 Å². The second kappa shape index (κ2) is 8.03. The van der Waals surface area contributed by atoms with Crippen molar-refractivity contribution >= 4 is 49.1 Å². The molecule has 0 aliphatic carbocycles. The molecule has 31 heavy (non-hydrogen) atoms. The summed E-state index contributed by atoms with van der Waals surface area (Å²) in [5, 5.41) is 4.87. The number of carbonyl (C=O) groups excluding carboxylic acids is 1. The van der Waals surface area contributed by atoms with Gasteiger partial charge in [0.2, 0.25) is 15.9 Å². The van der Waals surface area contributed by atoms with Crippen LogP contribution in [0, 0.1) is 5.82 Å². The van der Waals surface area contributed by atoms with Gasteiger partial charge in [-0.25, -0.2) is 12.8 Å². The molecule has 0 spiro atoms. The molecule has 160 valence electrons. The fraction of sp³-hybridized carbons (Fsp3) is 0.174. The second-order valence-electron chi connectivity index (χ2n) is 7.29. The summed E-state index contributed by atoms with van der Waals surface area (Å²) in [5.74, 6) is -0.977. The van der Waals surface area contributed by atoms with Crippen molar-refractivity contribution in [3.05, 3.63) is 72.5 Å². The number of fused-ring (bicyclic) bond motifs is 3. The van der Waals surface area contributed by atoms with Gasteiger partial charge in [0.15, 0.2) is 0 Å². The van der Waals surface area contributed by atoms with E-state index in [1.165, 1.54) is 12.1 Å². The molecule has 1 heterocycles. The van der Waals surface area contributed by atoms with Crippen molar-refractivity contribution in [1.82, 2.24) is 4.57 Å². The van der Waals surface area contributed by atoms with E-state index in [1.54, 1.807) is 6.07 Å². The van der Waals surface area contributed by atoms with Crippen LogP contribution in [0.5, 0.6) is 0 Å². The summed E-state index contributed by atoms with van der Waals surface area (Å²) >= 11 is 0. The number of sulfonamides is 1. The van der Waals surface area contributed by atoms with E-state index in [1.807, 2.05) is 30.3 Å². The van der Waals surface area contributed by atoms with Crippen LogP contribution in [0.4, 0.5) is 15.8 Å². The minimum atomic E-state index is -3.73. The first-order valence-electron chi connectivity index (χ1n) is 9.82. The predicted octanol–water partition coefficient (Wildman–Crippen LogP) is 4.36. The summed E-state index contributed by atoms with van der Waals surface area (Å²) in [6.07, 6.45) is 1.01. The molecule has 3 aromatic carbocycles. The smallest absolute Gasteiger partial charge is 0.245 e. The van der Waals surface area contributed by atoms with Crippen LogP contribution in [0.1, 0.15) is 6.92 Å². The maximum absolute atomic E-state index is 13.2. The number of benzene rings is 3. The van der Waals surface area contributed by atoms with Gasteiger partial charge in [0.25, 0.3) is 0 Å². The normalized spacial score (nSPS) is 11.7. The predicted molar refractivity (Wildman–Crippen MR) is 122 cm³/mol. The number of anilines is 2. The third kappa shape index (κ3) is 4.11. The van der Waals surface area contributed by atoms with E-state index in [2.05, 4.69) is 22.9 Å². The van der Waals surface area contributed by atoms with E-state index in [0.29, 0.717) is 5.69 Å².